The fraction of sp³-hybridized carbons (Fsp3) is 0.375. The van der Waals surface area contributed by atoms with Crippen LogP contribution >= 0.6 is 11.3 Å². The average Bonchev–Trinajstić information content (AvgIpc) is 2.96. The highest BCUT2D eigenvalue weighted by Crippen LogP contribution is 2.15. The maximum absolute atomic E-state index is 12.2. The van der Waals surface area contributed by atoms with E-state index in [1.165, 1.54) is 16.9 Å². The van der Waals surface area contributed by atoms with Crippen LogP contribution in [0.15, 0.2) is 46.9 Å². The molecule has 21 heavy (non-hydrogen) atoms. The van der Waals surface area contributed by atoms with E-state index in [1.54, 1.807) is 0 Å². The molecule has 0 unspecified atom stereocenters. The highest BCUT2D eigenvalue weighted by Gasteiger charge is 2.21. The summed E-state index contributed by atoms with van der Waals surface area (Å²) in [6.07, 6.45) is 3.55. The molecule has 1 aromatic heterocycles. The standard InChI is InChI=1S/C16H18N2O2S/c19-15(14-6-9-20-10-7-14)17-16-18(8-11-21-16)12-13-4-2-1-3-5-13/h1-5,8,11,14H,6-7,9-10,12H2. The van der Waals surface area contributed by atoms with Crippen molar-refractivity contribution in [2.45, 2.75) is 19.4 Å². The highest BCUT2D eigenvalue weighted by molar-refractivity contribution is 7.07. The fourth-order valence-electron chi connectivity index (χ4n) is 2.42. The van der Waals surface area contributed by atoms with E-state index in [-0.39, 0.29) is 11.8 Å². The lowest BCUT2D eigenvalue weighted by Gasteiger charge is -2.18. The molecule has 0 saturated carbocycles. The molecule has 1 aliphatic rings. The fourth-order valence-corrected chi connectivity index (χ4v) is 3.15. The van der Waals surface area contributed by atoms with E-state index < -0.39 is 0 Å². The zero-order valence-corrected chi connectivity index (χ0v) is 12.6. The lowest BCUT2D eigenvalue weighted by atomic mass is 10.00. The predicted octanol–water partition coefficient (Wildman–Crippen LogP) is 2.45. The molecular formula is C16H18N2O2S. The molecule has 1 aromatic carbocycles. The molecule has 0 aliphatic carbocycles. The van der Waals surface area contributed by atoms with E-state index in [0.29, 0.717) is 13.2 Å². The molecule has 0 atom stereocenters. The zero-order chi connectivity index (χ0) is 14.5. The summed E-state index contributed by atoms with van der Waals surface area (Å²) in [5, 5.41) is 1.97. The number of aromatic nitrogens is 1. The molecule has 1 amide bonds. The Hall–Kier alpha value is -1.72. The lowest BCUT2D eigenvalue weighted by molar-refractivity contribution is -0.124. The van der Waals surface area contributed by atoms with E-state index >= 15 is 0 Å². The quantitative estimate of drug-likeness (QED) is 0.874. The van der Waals surface area contributed by atoms with Crippen LogP contribution in [0.1, 0.15) is 18.4 Å². The van der Waals surface area contributed by atoms with E-state index in [4.69, 9.17) is 4.74 Å². The monoisotopic (exact) mass is 302 g/mol. The minimum atomic E-state index is -0.0115. The van der Waals surface area contributed by atoms with Gasteiger partial charge in [0.2, 0.25) is 0 Å². The maximum Gasteiger partial charge on any atom is 0.251 e. The maximum atomic E-state index is 12.2. The number of thiazole rings is 1. The Labute approximate surface area is 127 Å². The molecule has 1 aliphatic heterocycles. The predicted molar refractivity (Wildman–Crippen MR) is 82.0 cm³/mol. The Bertz CT molecular complexity index is 654. The number of nitrogens with zero attached hydrogens (tertiary/aromatic N) is 2. The van der Waals surface area contributed by atoms with Gasteiger partial charge in [-0.2, -0.15) is 4.99 Å². The van der Waals surface area contributed by atoms with Crippen molar-refractivity contribution in [3.8, 4) is 0 Å². The van der Waals surface area contributed by atoms with Crippen LogP contribution in [0.3, 0.4) is 0 Å². The third kappa shape index (κ3) is 3.68. The first-order valence-corrected chi connectivity index (χ1v) is 8.05. The van der Waals surface area contributed by atoms with Gasteiger partial charge >= 0.3 is 0 Å². The first-order valence-electron chi connectivity index (χ1n) is 7.17. The van der Waals surface area contributed by atoms with Crippen molar-refractivity contribution in [1.82, 2.24) is 4.57 Å². The smallest absolute Gasteiger partial charge is 0.251 e. The van der Waals surface area contributed by atoms with Crippen molar-refractivity contribution in [3.05, 3.63) is 52.3 Å². The van der Waals surface area contributed by atoms with Crippen LogP contribution in [-0.4, -0.2) is 23.7 Å². The van der Waals surface area contributed by atoms with Gasteiger partial charge in [-0.15, -0.1) is 11.3 Å². The van der Waals surface area contributed by atoms with Crippen molar-refractivity contribution in [3.63, 3.8) is 0 Å². The number of rotatable bonds is 3. The van der Waals surface area contributed by atoms with Gasteiger partial charge in [-0.25, -0.2) is 0 Å². The van der Waals surface area contributed by atoms with E-state index in [9.17, 15) is 4.79 Å². The molecule has 1 saturated heterocycles. The van der Waals surface area contributed by atoms with Gasteiger partial charge in [-0.3, -0.25) is 4.79 Å². The summed E-state index contributed by atoms with van der Waals surface area (Å²) in [4.78, 5) is 17.3. The van der Waals surface area contributed by atoms with Crippen LogP contribution in [0.2, 0.25) is 0 Å². The second-order valence-corrected chi connectivity index (χ2v) is 6.01. The second-order valence-electron chi connectivity index (χ2n) is 5.14. The van der Waals surface area contributed by atoms with Crippen molar-refractivity contribution >= 4 is 17.2 Å². The summed E-state index contributed by atoms with van der Waals surface area (Å²) in [6.45, 7) is 2.07. The van der Waals surface area contributed by atoms with Gasteiger partial charge in [0, 0.05) is 37.3 Å². The number of benzene rings is 1. The van der Waals surface area contributed by atoms with Crippen molar-refractivity contribution < 1.29 is 9.53 Å². The molecule has 2 heterocycles. The summed E-state index contributed by atoms with van der Waals surface area (Å²) < 4.78 is 7.32. The van der Waals surface area contributed by atoms with Gasteiger partial charge in [-0.1, -0.05) is 30.3 Å². The molecule has 4 nitrogen and oxygen atoms in total. The van der Waals surface area contributed by atoms with E-state index in [2.05, 4.69) is 17.1 Å². The number of ether oxygens (including phenoxy) is 1. The van der Waals surface area contributed by atoms with Crippen LogP contribution in [0.25, 0.3) is 0 Å². The lowest BCUT2D eigenvalue weighted by Crippen LogP contribution is -2.25. The first-order chi connectivity index (χ1) is 10.3. The van der Waals surface area contributed by atoms with Crippen LogP contribution in [-0.2, 0) is 16.1 Å². The second kappa shape index (κ2) is 6.83. The van der Waals surface area contributed by atoms with Crippen molar-refractivity contribution in [2.75, 3.05) is 13.2 Å². The third-order valence-electron chi connectivity index (χ3n) is 3.63. The topological polar surface area (TPSA) is 43.6 Å². The normalized spacial score (nSPS) is 17.0. The number of amides is 1. The Balaban J connectivity index is 1.78. The van der Waals surface area contributed by atoms with Gasteiger partial charge in [-0.05, 0) is 18.4 Å². The van der Waals surface area contributed by atoms with Crippen LogP contribution in [0.4, 0.5) is 0 Å². The molecule has 2 aromatic rings. The number of carbonyl (C=O) groups is 1. The van der Waals surface area contributed by atoms with Crippen LogP contribution in [0.5, 0.6) is 0 Å². The molecule has 0 radical (unpaired) electrons. The van der Waals surface area contributed by atoms with Gasteiger partial charge in [0.25, 0.3) is 5.91 Å². The third-order valence-corrected chi connectivity index (χ3v) is 4.43. The molecular weight excluding hydrogens is 284 g/mol. The minimum Gasteiger partial charge on any atom is -0.381 e. The SMILES string of the molecule is O=C(N=c1sccn1Cc1ccccc1)C1CCOCC1. The average molecular weight is 302 g/mol. The summed E-state index contributed by atoms with van der Waals surface area (Å²) >= 11 is 1.51. The summed E-state index contributed by atoms with van der Waals surface area (Å²) in [5.74, 6) is 0.00795. The Morgan fingerprint density at radius 2 is 2.05 bits per heavy atom. The Morgan fingerprint density at radius 3 is 2.81 bits per heavy atom. The Kier molecular flexibility index (Phi) is 4.62. The summed E-state index contributed by atoms with van der Waals surface area (Å²) in [6, 6.07) is 10.2. The van der Waals surface area contributed by atoms with E-state index in [1.807, 2.05) is 34.3 Å². The van der Waals surface area contributed by atoms with Crippen LogP contribution in [0, 0.1) is 5.92 Å². The first kappa shape index (κ1) is 14.2. The summed E-state index contributed by atoms with van der Waals surface area (Å²) in [7, 11) is 0. The van der Waals surface area contributed by atoms with Gasteiger partial charge in [0.1, 0.15) is 0 Å². The van der Waals surface area contributed by atoms with Gasteiger partial charge in [0.15, 0.2) is 4.80 Å². The molecule has 0 N–H and O–H groups in total. The molecule has 110 valence electrons. The van der Waals surface area contributed by atoms with Crippen LogP contribution < -0.4 is 4.80 Å². The highest BCUT2D eigenvalue weighted by atomic mass is 32.1. The zero-order valence-electron chi connectivity index (χ0n) is 11.8. The number of hydrogen-bond donors (Lipinski definition) is 0. The Morgan fingerprint density at radius 1 is 1.29 bits per heavy atom. The summed E-state index contributed by atoms with van der Waals surface area (Å²) in [5.41, 5.74) is 1.20. The molecule has 5 heteroatoms. The molecule has 3 rings (SSSR count). The minimum absolute atomic E-state index is 0.0115. The largest absolute Gasteiger partial charge is 0.381 e. The van der Waals surface area contributed by atoms with Crippen molar-refractivity contribution in [1.29, 1.82) is 0 Å². The number of carbonyl (C=O) groups excluding carboxylic acids is 1. The molecule has 1 fully saturated rings. The van der Waals surface area contributed by atoms with E-state index in [0.717, 1.165) is 24.2 Å². The molecule has 0 bridgehead atoms. The molecule has 0 spiro atoms. The number of hydrogen-bond acceptors (Lipinski definition) is 3. The van der Waals surface area contributed by atoms with Crippen molar-refractivity contribution in [2.24, 2.45) is 10.9 Å². The van der Waals surface area contributed by atoms with Gasteiger partial charge < -0.3 is 9.30 Å². The van der Waals surface area contributed by atoms with Gasteiger partial charge in [0.05, 0.1) is 0 Å².